The molecule has 0 rings (SSSR count). The van der Waals surface area contributed by atoms with Crippen LogP contribution >= 0.6 is 7.82 Å². The molecule has 0 spiro atoms. The third kappa shape index (κ3) is 51.4. The monoisotopic (exact) mass is 1010 g/mol. The Labute approximate surface area is 436 Å². The summed E-state index contributed by atoms with van der Waals surface area (Å²) in [6.45, 7) is 6.78. The van der Waals surface area contributed by atoms with E-state index in [4.69, 9.17) is 13.8 Å². The number of quaternary nitrogens is 1. The average molecular weight is 1010 g/mol. The maximum Gasteiger partial charge on any atom is 0.472 e. The molecule has 0 bridgehead atoms. The van der Waals surface area contributed by atoms with E-state index in [0.29, 0.717) is 23.9 Å². The lowest BCUT2D eigenvalue weighted by Gasteiger charge is -2.27. The SMILES string of the molecule is CC/C=C/C/C=C/C/C=C/C/C=C/CCCCCC(=O)NC(COP(=O)(O)OCC[N+](C)(C)C)C(/C=C/CCCCCCCCCCCC)OC(=O)CCC/C=C\C/C=C\C/C=C\C/C=C\CCCCC. The second-order valence-corrected chi connectivity index (χ2v) is 21.2. The number of hydrogen-bond donors (Lipinski definition) is 2. The molecule has 9 nitrogen and oxygen atoms in total. The lowest BCUT2D eigenvalue weighted by atomic mass is 10.1. The van der Waals surface area contributed by atoms with Crippen molar-refractivity contribution in [3.05, 3.63) is 109 Å². The van der Waals surface area contributed by atoms with E-state index >= 15 is 0 Å². The van der Waals surface area contributed by atoms with Gasteiger partial charge in [-0.05, 0) is 109 Å². The summed E-state index contributed by atoms with van der Waals surface area (Å²) in [7, 11) is 1.43. The average Bonchev–Trinajstić information content (AvgIpc) is 3.33. The number of carbonyl (C=O) groups excluding carboxylic acids is 2. The Balaban J connectivity index is 5.53. The van der Waals surface area contributed by atoms with E-state index < -0.39 is 25.9 Å². The Morgan fingerprint density at radius 1 is 0.507 bits per heavy atom. The first kappa shape index (κ1) is 67.7. The molecule has 0 saturated heterocycles. The van der Waals surface area contributed by atoms with Crippen molar-refractivity contribution in [3.8, 4) is 0 Å². The van der Waals surface area contributed by atoms with Crippen molar-refractivity contribution in [3.63, 3.8) is 0 Å². The molecule has 10 heteroatoms. The highest BCUT2D eigenvalue weighted by Crippen LogP contribution is 2.43. The van der Waals surface area contributed by atoms with Crippen molar-refractivity contribution in [2.24, 2.45) is 0 Å². The fourth-order valence-corrected chi connectivity index (χ4v) is 8.07. The van der Waals surface area contributed by atoms with Crippen LogP contribution in [0.25, 0.3) is 0 Å². The van der Waals surface area contributed by atoms with E-state index in [1.54, 1.807) is 0 Å². The van der Waals surface area contributed by atoms with E-state index in [0.717, 1.165) is 89.9 Å². The quantitative estimate of drug-likeness (QED) is 0.0205. The van der Waals surface area contributed by atoms with Gasteiger partial charge in [0, 0.05) is 12.8 Å². The normalized spacial score (nSPS) is 14.6. The highest BCUT2D eigenvalue weighted by atomic mass is 31.2. The molecule has 3 unspecified atom stereocenters. The molecule has 0 radical (unpaired) electrons. The summed E-state index contributed by atoms with van der Waals surface area (Å²) in [5.74, 6) is -0.617. The van der Waals surface area contributed by atoms with E-state index in [9.17, 15) is 19.0 Å². The summed E-state index contributed by atoms with van der Waals surface area (Å²) < 4.78 is 30.5. The van der Waals surface area contributed by atoms with E-state index in [2.05, 4.69) is 123 Å². The van der Waals surface area contributed by atoms with E-state index in [1.165, 1.54) is 77.0 Å². The van der Waals surface area contributed by atoms with Gasteiger partial charge in [-0.15, -0.1) is 0 Å². The molecule has 0 saturated carbocycles. The van der Waals surface area contributed by atoms with Crippen molar-refractivity contribution in [1.29, 1.82) is 0 Å². The molecule has 0 heterocycles. The predicted octanol–water partition coefficient (Wildman–Crippen LogP) is 17.0. The van der Waals surface area contributed by atoms with Crippen LogP contribution in [0.5, 0.6) is 0 Å². The van der Waals surface area contributed by atoms with Crippen molar-refractivity contribution >= 4 is 19.7 Å². The molecular weight excluding hydrogens is 904 g/mol. The van der Waals surface area contributed by atoms with E-state index in [1.807, 2.05) is 33.3 Å². The number of esters is 1. The lowest BCUT2D eigenvalue weighted by Crippen LogP contribution is -2.47. The van der Waals surface area contributed by atoms with Crippen LogP contribution in [-0.4, -0.2) is 74.3 Å². The second-order valence-electron chi connectivity index (χ2n) is 19.7. The van der Waals surface area contributed by atoms with Crippen LogP contribution in [0.15, 0.2) is 109 Å². The molecule has 1 amide bonds. The Bertz CT molecular complexity index is 1580. The number of phosphoric acid groups is 1. The minimum Gasteiger partial charge on any atom is -0.456 e. The summed E-state index contributed by atoms with van der Waals surface area (Å²) in [6, 6.07) is -0.893. The molecule has 0 aliphatic carbocycles. The van der Waals surface area contributed by atoms with Crippen LogP contribution in [0, 0.1) is 0 Å². The van der Waals surface area contributed by atoms with Crippen LogP contribution in [0.1, 0.15) is 213 Å². The van der Waals surface area contributed by atoms with Crippen LogP contribution < -0.4 is 5.32 Å². The number of amides is 1. The Morgan fingerprint density at radius 3 is 1.41 bits per heavy atom. The molecule has 3 atom stereocenters. The molecule has 0 fully saturated rings. The number of nitrogens with zero attached hydrogens (tertiary/aromatic N) is 1. The molecule has 0 aromatic rings. The molecule has 0 aliphatic rings. The topological polar surface area (TPSA) is 111 Å². The number of rotatable bonds is 49. The highest BCUT2D eigenvalue weighted by molar-refractivity contribution is 7.47. The van der Waals surface area contributed by atoms with Crippen molar-refractivity contribution in [2.45, 2.75) is 226 Å². The molecule has 0 aromatic heterocycles. The second kappa shape index (κ2) is 50.2. The maximum atomic E-state index is 13.5. The third-order valence-corrected chi connectivity index (χ3v) is 12.7. The lowest BCUT2D eigenvalue weighted by molar-refractivity contribution is -0.870. The van der Waals surface area contributed by atoms with Crippen molar-refractivity contribution in [1.82, 2.24) is 5.32 Å². The molecular formula is C61H106N2O7P+. The molecule has 406 valence electrons. The molecule has 2 N–H and O–H groups in total. The zero-order valence-electron chi connectivity index (χ0n) is 46.2. The van der Waals surface area contributed by atoms with Crippen LogP contribution in [0.3, 0.4) is 0 Å². The van der Waals surface area contributed by atoms with Gasteiger partial charge in [0.1, 0.15) is 19.3 Å². The fraction of sp³-hybridized carbons (Fsp3) is 0.672. The van der Waals surface area contributed by atoms with Crippen LogP contribution in [0.4, 0.5) is 0 Å². The summed E-state index contributed by atoms with van der Waals surface area (Å²) in [4.78, 5) is 37.5. The molecule has 0 aliphatic heterocycles. The van der Waals surface area contributed by atoms with Gasteiger partial charge in [-0.2, -0.15) is 0 Å². The first-order valence-corrected chi connectivity index (χ1v) is 29.7. The largest absolute Gasteiger partial charge is 0.472 e. The number of hydrogen-bond acceptors (Lipinski definition) is 6. The van der Waals surface area contributed by atoms with Gasteiger partial charge in [-0.1, -0.05) is 201 Å². The van der Waals surface area contributed by atoms with Gasteiger partial charge in [0.15, 0.2) is 0 Å². The minimum absolute atomic E-state index is 0.0197. The highest BCUT2D eigenvalue weighted by Gasteiger charge is 2.30. The number of nitrogens with one attached hydrogen (secondary N) is 1. The zero-order chi connectivity index (χ0) is 52.2. The summed E-state index contributed by atoms with van der Waals surface area (Å²) >= 11 is 0. The third-order valence-electron chi connectivity index (χ3n) is 11.7. The summed E-state index contributed by atoms with van der Waals surface area (Å²) in [5, 5.41) is 3.01. The first-order chi connectivity index (χ1) is 34.4. The molecule has 71 heavy (non-hydrogen) atoms. The number of ether oxygens (including phenoxy) is 1. The van der Waals surface area contributed by atoms with Gasteiger partial charge in [0.05, 0.1) is 33.8 Å². The van der Waals surface area contributed by atoms with Gasteiger partial charge in [0.2, 0.25) is 5.91 Å². The zero-order valence-corrected chi connectivity index (χ0v) is 47.1. The Morgan fingerprint density at radius 2 is 0.915 bits per heavy atom. The van der Waals surface area contributed by atoms with Crippen LogP contribution in [0.2, 0.25) is 0 Å². The predicted molar refractivity (Wildman–Crippen MR) is 304 cm³/mol. The standard InChI is InChI=1S/C61H105N2O7P/c1-7-10-13-16-19-22-25-28-30-32-34-36-39-42-45-48-51-54-61(65)70-59(52-49-46-43-40-37-27-24-21-18-15-12-9-3)58(57-69-71(66,67)68-56-55-63(4,5)6)62-60(64)53-50-47-44-41-38-35-33-31-29-26-23-20-17-14-11-8-2/h11,14,19-20,22-23,28-31,34-36,38,42,45,49,52,58-59H,7-10,12-13,15-18,21,24-27,32-33,37,39-41,43-44,46-48,50-51,53-57H2,1-6H3,(H-,62,64,66,67)/p+1/b14-11+,22-19-,23-20+,30-28-,31-29+,36-34-,38-35+,45-42-,52-49+. The Kier molecular flexibility index (Phi) is 47.9. The number of unbranched alkanes of at least 4 members (excludes halogenated alkanes) is 17. The number of phosphoric ester groups is 1. The van der Waals surface area contributed by atoms with Gasteiger partial charge >= 0.3 is 13.8 Å². The Hall–Kier alpha value is -3.33. The van der Waals surface area contributed by atoms with Gasteiger partial charge in [-0.3, -0.25) is 18.6 Å². The minimum atomic E-state index is -4.47. The van der Waals surface area contributed by atoms with Crippen LogP contribution in [-0.2, 0) is 27.9 Å². The first-order valence-electron chi connectivity index (χ1n) is 28.2. The van der Waals surface area contributed by atoms with Crippen molar-refractivity contribution < 1.29 is 37.3 Å². The number of carbonyl (C=O) groups is 2. The molecule has 0 aromatic carbocycles. The van der Waals surface area contributed by atoms with Gasteiger partial charge in [-0.25, -0.2) is 4.57 Å². The summed E-state index contributed by atoms with van der Waals surface area (Å²) in [6.07, 6.45) is 68.1. The van der Waals surface area contributed by atoms with Gasteiger partial charge < -0.3 is 19.4 Å². The number of likely N-dealkylation sites (N-methyl/N-ethyl adjacent to an activating group) is 1. The maximum absolute atomic E-state index is 13.5. The fourth-order valence-electron chi connectivity index (χ4n) is 7.33. The smallest absolute Gasteiger partial charge is 0.456 e. The summed E-state index contributed by atoms with van der Waals surface area (Å²) in [5.41, 5.74) is 0. The van der Waals surface area contributed by atoms with E-state index in [-0.39, 0.29) is 32.0 Å². The van der Waals surface area contributed by atoms with Crippen molar-refractivity contribution in [2.75, 3.05) is 40.9 Å². The number of allylic oxidation sites excluding steroid dienone is 17. The van der Waals surface area contributed by atoms with Gasteiger partial charge in [0.25, 0.3) is 0 Å².